The fraction of sp³-hybridized carbons (Fsp3) is 0.333. The van der Waals surface area contributed by atoms with Crippen LogP contribution >= 0.6 is 28.3 Å². The summed E-state index contributed by atoms with van der Waals surface area (Å²) in [4.78, 5) is 11.8. The van der Waals surface area contributed by atoms with Crippen LogP contribution in [-0.2, 0) is 11.2 Å². The highest BCUT2D eigenvalue weighted by Crippen LogP contribution is 2.28. The predicted molar refractivity (Wildman–Crippen MR) is 95.3 cm³/mol. The molecule has 1 heterocycles. The summed E-state index contributed by atoms with van der Waals surface area (Å²) < 4.78 is 1.03. The van der Waals surface area contributed by atoms with Crippen LogP contribution in [0.3, 0.4) is 0 Å². The van der Waals surface area contributed by atoms with Gasteiger partial charge in [-0.3, -0.25) is 9.89 Å². The van der Waals surface area contributed by atoms with E-state index in [4.69, 9.17) is 5.73 Å². The summed E-state index contributed by atoms with van der Waals surface area (Å²) >= 11 is 3.42. The molecular weight excluding hydrogens is 368 g/mol. The lowest BCUT2D eigenvalue weighted by atomic mass is 10.1. The van der Waals surface area contributed by atoms with Crippen LogP contribution in [0.15, 0.2) is 28.7 Å². The van der Waals surface area contributed by atoms with Crippen molar-refractivity contribution in [1.82, 2.24) is 10.2 Å². The Morgan fingerprint density at radius 1 is 1.36 bits per heavy atom. The molecule has 1 amide bonds. The van der Waals surface area contributed by atoms with Crippen LogP contribution in [0, 0.1) is 0 Å². The Morgan fingerprint density at radius 3 is 2.64 bits per heavy atom. The van der Waals surface area contributed by atoms with E-state index in [0.29, 0.717) is 25.2 Å². The number of nitrogens with two attached hydrogens (primary N) is 1. The highest BCUT2D eigenvalue weighted by molar-refractivity contribution is 9.10. The smallest absolute Gasteiger partial charge is 0.225 e. The largest absolute Gasteiger partial charge is 0.330 e. The number of nitrogens with one attached hydrogen (secondary N) is 2. The minimum atomic E-state index is -0.0518. The highest BCUT2D eigenvalue weighted by atomic mass is 79.9. The molecule has 0 unspecified atom stereocenters. The first kappa shape index (κ1) is 18.7. The minimum absolute atomic E-state index is 0. The summed E-state index contributed by atoms with van der Waals surface area (Å²) in [6.45, 7) is 2.56. The second-order valence-corrected chi connectivity index (χ2v) is 5.64. The second-order valence-electron chi connectivity index (χ2n) is 4.73. The molecule has 2 aromatic rings. The van der Waals surface area contributed by atoms with Crippen molar-refractivity contribution in [3.8, 4) is 11.3 Å². The quantitative estimate of drug-likeness (QED) is 0.709. The monoisotopic (exact) mass is 386 g/mol. The summed E-state index contributed by atoms with van der Waals surface area (Å²) in [5.41, 5.74) is 8.42. The molecule has 2 rings (SSSR count). The third kappa shape index (κ3) is 4.56. The van der Waals surface area contributed by atoms with Gasteiger partial charge in [0, 0.05) is 16.5 Å². The Morgan fingerprint density at radius 2 is 2.05 bits per heavy atom. The van der Waals surface area contributed by atoms with Gasteiger partial charge >= 0.3 is 0 Å². The zero-order chi connectivity index (χ0) is 15.2. The SMILES string of the molecule is CCc1c(NC(=O)CCCN)n[nH]c1-c1ccc(Br)cc1.Cl. The number of carbonyl (C=O) groups is 1. The normalized spacial score (nSPS) is 10.1. The van der Waals surface area contributed by atoms with E-state index >= 15 is 0 Å². The van der Waals surface area contributed by atoms with Crippen molar-refractivity contribution in [2.75, 3.05) is 11.9 Å². The first-order valence-corrected chi connectivity index (χ1v) is 7.78. The molecule has 1 aromatic carbocycles. The van der Waals surface area contributed by atoms with Crippen LogP contribution in [0.5, 0.6) is 0 Å². The zero-order valence-corrected chi connectivity index (χ0v) is 14.8. The van der Waals surface area contributed by atoms with E-state index in [1.807, 2.05) is 31.2 Å². The second kappa shape index (κ2) is 8.92. The molecule has 0 radical (unpaired) electrons. The summed E-state index contributed by atoms with van der Waals surface area (Å²) in [5.74, 6) is 0.557. The Hall–Kier alpha value is -1.37. The lowest BCUT2D eigenvalue weighted by Crippen LogP contribution is -2.14. The first-order valence-electron chi connectivity index (χ1n) is 6.98. The molecule has 0 aliphatic rings. The summed E-state index contributed by atoms with van der Waals surface area (Å²) in [6.07, 6.45) is 1.88. The minimum Gasteiger partial charge on any atom is -0.330 e. The number of H-pyrrole nitrogens is 1. The fourth-order valence-electron chi connectivity index (χ4n) is 2.13. The van der Waals surface area contributed by atoms with Crippen molar-refractivity contribution in [3.05, 3.63) is 34.3 Å². The molecule has 0 saturated carbocycles. The van der Waals surface area contributed by atoms with Gasteiger partial charge < -0.3 is 11.1 Å². The number of benzene rings is 1. The molecule has 22 heavy (non-hydrogen) atoms. The summed E-state index contributed by atoms with van der Waals surface area (Å²) in [5, 5.41) is 10.1. The van der Waals surface area contributed by atoms with Gasteiger partial charge in [-0.1, -0.05) is 35.0 Å². The van der Waals surface area contributed by atoms with Crippen LogP contribution in [0.2, 0.25) is 0 Å². The maximum Gasteiger partial charge on any atom is 0.225 e. The topological polar surface area (TPSA) is 83.8 Å². The molecule has 0 aliphatic heterocycles. The molecule has 0 bridgehead atoms. The van der Waals surface area contributed by atoms with Gasteiger partial charge in [0.2, 0.25) is 5.91 Å². The standard InChI is InChI=1S/C15H19BrN4O.ClH/c1-2-12-14(10-5-7-11(16)8-6-10)19-20-15(12)18-13(21)4-3-9-17;/h5-8H,2-4,9,17H2,1H3,(H2,18,19,20,21);1H. The van der Waals surface area contributed by atoms with E-state index in [1.165, 1.54) is 0 Å². The molecule has 0 fully saturated rings. The first-order chi connectivity index (χ1) is 10.2. The third-order valence-corrected chi connectivity index (χ3v) is 3.75. The number of nitrogens with zero attached hydrogens (tertiary/aromatic N) is 1. The van der Waals surface area contributed by atoms with Gasteiger partial charge in [0.25, 0.3) is 0 Å². The van der Waals surface area contributed by atoms with E-state index < -0.39 is 0 Å². The van der Waals surface area contributed by atoms with Crippen molar-refractivity contribution in [3.63, 3.8) is 0 Å². The lowest BCUT2D eigenvalue weighted by Gasteiger charge is -2.05. The Labute approximate surface area is 144 Å². The van der Waals surface area contributed by atoms with Crippen LogP contribution in [0.1, 0.15) is 25.3 Å². The van der Waals surface area contributed by atoms with Crippen LogP contribution in [0.25, 0.3) is 11.3 Å². The Balaban J connectivity index is 0.00000242. The van der Waals surface area contributed by atoms with E-state index in [2.05, 4.69) is 31.4 Å². The molecular formula is C15H20BrClN4O. The van der Waals surface area contributed by atoms with Crippen molar-refractivity contribution in [2.45, 2.75) is 26.2 Å². The van der Waals surface area contributed by atoms with Gasteiger partial charge in [-0.05, 0) is 37.1 Å². The maximum absolute atomic E-state index is 11.8. The molecule has 0 atom stereocenters. The zero-order valence-electron chi connectivity index (χ0n) is 12.4. The number of carbonyl (C=O) groups excluding carboxylic acids is 1. The van der Waals surface area contributed by atoms with Crippen molar-refractivity contribution >= 4 is 40.1 Å². The predicted octanol–water partition coefficient (Wildman–Crippen LogP) is 3.50. The van der Waals surface area contributed by atoms with E-state index in [1.54, 1.807) is 0 Å². The van der Waals surface area contributed by atoms with Crippen molar-refractivity contribution in [2.24, 2.45) is 5.73 Å². The highest BCUT2D eigenvalue weighted by Gasteiger charge is 2.15. The molecule has 120 valence electrons. The lowest BCUT2D eigenvalue weighted by molar-refractivity contribution is -0.116. The average molecular weight is 388 g/mol. The van der Waals surface area contributed by atoms with Gasteiger partial charge in [-0.15, -0.1) is 12.4 Å². The van der Waals surface area contributed by atoms with E-state index in [0.717, 1.165) is 27.7 Å². The Kier molecular flexibility index (Phi) is 7.58. The number of anilines is 1. The maximum atomic E-state index is 11.8. The average Bonchev–Trinajstić information content (AvgIpc) is 2.88. The van der Waals surface area contributed by atoms with Crippen LogP contribution < -0.4 is 11.1 Å². The van der Waals surface area contributed by atoms with Crippen LogP contribution in [-0.4, -0.2) is 22.6 Å². The number of aromatic amines is 1. The van der Waals surface area contributed by atoms with Gasteiger partial charge in [0.1, 0.15) is 0 Å². The van der Waals surface area contributed by atoms with Gasteiger partial charge in [0.15, 0.2) is 5.82 Å². The molecule has 4 N–H and O–H groups in total. The molecule has 5 nitrogen and oxygen atoms in total. The number of halogens is 2. The molecule has 0 aliphatic carbocycles. The number of rotatable bonds is 6. The number of amides is 1. The van der Waals surface area contributed by atoms with Crippen molar-refractivity contribution < 1.29 is 4.79 Å². The molecule has 0 spiro atoms. The van der Waals surface area contributed by atoms with Gasteiger partial charge in [-0.2, -0.15) is 5.10 Å². The van der Waals surface area contributed by atoms with E-state index in [9.17, 15) is 4.79 Å². The number of aromatic nitrogens is 2. The summed E-state index contributed by atoms with van der Waals surface area (Å²) in [6, 6.07) is 7.98. The van der Waals surface area contributed by atoms with E-state index in [-0.39, 0.29) is 18.3 Å². The van der Waals surface area contributed by atoms with Gasteiger partial charge in [-0.25, -0.2) is 0 Å². The van der Waals surface area contributed by atoms with Crippen LogP contribution in [0.4, 0.5) is 5.82 Å². The Bertz CT molecular complexity index is 613. The number of hydrogen-bond acceptors (Lipinski definition) is 3. The van der Waals surface area contributed by atoms with Gasteiger partial charge in [0.05, 0.1) is 5.69 Å². The van der Waals surface area contributed by atoms with Crippen molar-refractivity contribution in [1.29, 1.82) is 0 Å². The third-order valence-electron chi connectivity index (χ3n) is 3.22. The molecule has 1 aromatic heterocycles. The fourth-order valence-corrected chi connectivity index (χ4v) is 2.39. The number of hydrogen-bond donors (Lipinski definition) is 3. The molecule has 7 heteroatoms. The molecule has 0 saturated heterocycles. The summed E-state index contributed by atoms with van der Waals surface area (Å²) in [7, 11) is 0.